The average molecular weight is 393 g/mol. The van der Waals surface area contributed by atoms with Crippen molar-refractivity contribution in [2.75, 3.05) is 18.8 Å². The summed E-state index contributed by atoms with van der Waals surface area (Å²) in [7, 11) is 0. The smallest absolute Gasteiger partial charge is 0.233 e. The van der Waals surface area contributed by atoms with E-state index in [1.54, 1.807) is 0 Å². The maximum absolute atomic E-state index is 12.4. The lowest BCUT2D eigenvalue weighted by atomic mass is 10.2. The number of carbonyl (C=O) groups excluding carboxylic acids is 1. The van der Waals surface area contributed by atoms with Gasteiger partial charge in [-0.1, -0.05) is 48.3 Å². The fourth-order valence-corrected chi connectivity index (χ4v) is 4.62. The summed E-state index contributed by atoms with van der Waals surface area (Å²) in [6, 6.07) is 8.11. The number of aromatic nitrogens is 3. The minimum Gasteiger partial charge on any atom is -0.343 e. The van der Waals surface area contributed by atoms with Gasteiger partial charge < -0.3 is 4.90 Å². The van der Waals surface area contributed by atoms with Gasteiger partial charge in [0, 0.05) is 24.7 Å². The molecule has 0 N–H and O–H groups in total. The fourth-order valence-electron chi connectivity index (χ4n) is 3.49. The minimum atomic E-state index is 0.139. The monoisotopic (exact) mass is 392 g/mol. The lowest BCUT2D eigenvalue weighted by molar-refractivity contribution is -0.127. The van der Waals surface area contributed by atoms with Gasteiger partial charge in [-0.15, -0.1) is 10.2 Å². The third kappa shape index (κ3) is 4.07. The molecule has 1 aliphatic rings. The molecule has 5 nitrogen and oxygen atoms in total. The zero-order valence-corrected chi connectivity index (χ0v) is 16.9. The van der Waals surface area contributed by atoms with Crippen LogP contribution in [0.4, 0.5) is 0 Å². The molecule has 0 saturated heterocycles. The van der Waals surface area contributed by atoms with E-state index in [-0.39, 0.29) is 5.91 Å². The molecule has 0 aliphatic heterocycles. The highest BCUT2D eigenvalue weighted by Crippen LogP contribution is 2.38. The molecule has 2 aromatic rings. The lowest BCUT2D eigenvalue weighted by Crippen LogP contribution is -2.32. The number of rotatable bonds is 7. The number of carbonyl (C=O) groups is 1. The number of hydrogen-bond acceptors (Lipinski definition) is 4. The van der Waals surface area contributed by atoms with E-state index < -0.39 is 0 Å². The number of nitrogens with zero attached hydrogens (tertiary/aromatic N) is 4. The first-order valence-corrected chi connectivity index (χ1v) is 10.6. The first kappa shape index (κ1) is 19.2. The number of benzene rings is 1. The van der Waals surface area contributed by atoms with Crippen molar-refractivity contribution in [2.24, 2.45) is 0 Å². The van der Waals surface area contributed by atoms with E-state index >= 15 is 0 Å². The third-order valence-corrected chi connectivity index (χ3v) is 6.17. The number of hydrogen-bond donors (Lipinski definition) is 0. The van der Waals surface area contributed by atoms with E-state index in [0.717, 1.165) is 42.5 Å². The topological polar surface area (TPSA) is 51.0 Å². The van der Waals surface area contributed by atoms with Crippen LogP contribution in [0.5, 0.6) is 0 Å². The number of amides is 1. The van der Waals surface area contributed by atoms with Gasteiger partial charge in [-0.3, -0.25) is 9.36 Å². The molecule has 0 radical (unpaired) electrons. The summed E-state index contributed by atoms with van der Waals surface area (Å²) in [6.45, 7) is 5.47. The molecule has 1 aromatic carbocycles. The average Bonchev–Trinajstić information content (AvgIpc) is 3.30. The highest BCUT2D eigenvalue weighted by Gasteiger charge is 2.26. The normalized spacial score (nSPS) is 14.7. The Bertz CT molecular complexity index is 754. The maximum atomic E-state index is 12.4. The van der Waals surface area contributed by atoms with Crippen molar-refractivity contribution in [3.63, 3.8) is 0 Å². The zero-order chi connectivity index (χ0) is 18.5. The predicted molar refractivity (Wildman–Crippen MR) is 107 cm³/mol. The predicted octanol–water partition coefficient (Wildman–Crippen LogP) is 4.67. The molecule has 1 amide bonds. The summed E-state index contributed by atoms with van der Waals surface area (Å²) in [5.41, 5.74) is 0.899. The molecule has 1 aromatic heterocycles. The van der Waals surface area contributed by atoms with Crippen molar-refractivity contribution >= 4 is 29.3 Å². The van der Waals surface area contributed by atoms with Crippen molar-refractivity contribution in [1.29, 1.82) is 0 Å². The van der Waals surface area contributed by atoms with Crippen LogP contribution in [0.3, 0.4) is 0 Å². The fraction of sp³-hybridized carbons (Fsp3) is 0.526. The second kappa shape index (κ2) is 8.91. The van der Waals surface area contributed by atoms with E-state index in [9.17, 15) is 4.79 Å². The van der Waals surface area contributed by atoms with Crippen LogP contribution in [0.2, 0.25) is 5.02 Å². The third-order valence-electron chi connectivity index (χ3n) is 4.91. The van der Waals surface area contributed by atoms with Crippen molar-refractivity contribution in [1.82, 2.24) is 19.7 Å². The Morgan fingerprint density at radius 1 is 1.23 bits per heavy atom. The Hall–Kier alpha value is -1.53. The Kier molecular flexibility index (Phi) is 6.59. The van der Waals surface area contributed by atoms with Crippen molar-refractivity contribution in [2.45, 2.75) is 50.7 Å². The molecule has 1 fully saturated rings. The van der Waals surface area contributed by atoms with Crippen molar-refractivity contribution in [3.05, 3.63) is 29.3 Å². The van der Waals surface area contributed by atoms with Crippen LogP contribution in [-0.4, -0.2) is 44.4 Å². The Morgan fingerprint density at radius 3 is 2.58 bits per heavy atom. The van der Waals surface area contributed by atoms with Gasteiger partial charge >= 0.3 is 0 Å². The summed E-state index contributed by atoms with van der Waals surface area (Å²) in [6.07, 6.45) is 4.67. The second-order valence-corrected chi connectivity index (χ2v) is 7.80. The van der Waals surface area contributed by atoms with Crippen LogP contribution in [0, 0.1) is 0 Å². The van der Waals surface area contributed by atoms with Crippen molar-refractivity contribution in [3.8, 4) is 11.4 Å². The minimum absolute atomic E-state index is 0.139. The molecule has 0 atom stereocenters. The largest absolute Gasteiger partial charge is 0.343 e. The standard InChI is InChI=1S/C19H25ClN4OS/c1-3-23(4-2)17(25)13-26-19-22-21-18(15-11-7-8-12-16(15)20)24(19)14-9-5-6-10-14/h7-8,11-12,14H,3-6,9-10,13H2,1-2H3. The van der Waals surface area contributed by atoms with Gasteiger partial charge in [-0.25, -0.2) is 0 Å². The van der Waals surface area contributed by atoms with Crippen LogP contribution in [-0.2, 0) is 4.79 Å². The van der Waals surface area contributed by atoms with Crippen molar-refractivity contribution < 1.29 is 4.79 Å². The number of thioether (sulfide) groups is 1. The summed E-state index contributed by atoms with van der Waals surface area (Å²) in [4.78, 5) is 14.2. The Balaban J connectivity index is 1.88. The Labute approximate surface area is 164 Å². The molecule has 0 bridgehead atoms. The summed E-state index contributed by atoms with van der Waals surface area (Å²) in [5, 5.41) is 10.3. The SMILES string of the molecule is CCN(CC)C(=O)CSc1nnc(-c2ccccc2Cl)n1C1CCCC1. The molecule has 0 unspecified atom stereocenters. The lowest BCUT2D eigenvalue weighted by Gasteiger charge is -2.19. The van der Waals surface area contributed by atoms with Crippen LogP contribution in [0.25, 0.3) is 11.4 Å². The second-order valence-electron chi connectivity index (χ2n) is 6.45. The number of halogens is 1. The molecule has 140 valence electrons. The molecule has 7 heteroatoms. The van der Waals surface area contributed by atoms with Crippen LogP contribution in [0.1, 0.15) is 45.6 Å². The van der Waals surface area contributed by atoms with Gasteiger partial charge in [0.25, 0.3) is 0 Å². The van der Waals surface area contributed by atoms with E-state index in [1.165, 1.54) is 24.6 Å². The van der Waals surface area contributed by atoms with Gasteiger partial charge in [0.1, 0.15) is 0 Å². The van der Waals surface area contributed by atoms with E-state index in [0.29, 0.717) is 16.8 Å². The first-order chi connectivity index (χ1) is 12.7. The molecule has 26 heavy (non-hydrogen) atoms. The van der Waals surface area contributed by atoms with Crippen LogP contribution >= 0.6 is 23.4 Å². The van der Waals surface area contributed by atoms with E-state index in [4.69, 9.17) is 11.6 Å². The van der Waals surface area contributed by atoms with Crippen LogP contribution < -0.4 is 0 Å². The molecule has 3 rings (SSSR count). The quantitative estimate of drug-likeness (QED) is 0.642. The van der Waals surface area contributed by atoms with Gasteiger partial charge in [0.15, 0.2) is 11.0 Å². The molecular weight excluding hydrogens is 368 g/mol. The van der Waals surface area contributed by atoms with Gasteiger partial charge in [-0.05, 0) is 38.8 Å². The molecule has 1 saturated carbocycles. The van der Waals surface area contributed by atoms with Gasteiger partial charge in [0.2, 0.25) is 5.91 Å². The highest BCUT2D eigenvalue weighted by atomic mass is 35.5. The first-order valence-electron chi connectivity index (χ1n) is 9.26. The maximum Gasteiger partial charge on any atom is 0.233 e. The molecule has 1 heterocycles. The molecular formula is C19H25ClN4OS. The van der Waals surface area contributed by atoms with E-state index in [2.05, 4.69) is 14.8 Å². The van der Waals surface area contributed by atoms with Gasteiger partial charge in [-0.2, -0.15) is 0 Å². The van der Waals surface area contributed by atoms with Gasteiger partial charge in [0.05, 0.1) is 10.8 Å². The summed E-state index contributed by atoms with van der Waals surface area (Å²) < 4.78 is 2.20. The van der Waals surface area contributed by atoms with Crippen LogP contribution in [0.15, 0.2) is 29.4 Å². The summed E-state index contributed by atoms with van der Waals surface area (Å²) >= 11 is 7.88. The zero-order valence-electron chi connectivity index (χ0n) is 15.3. The van der Waals surface area contributed by atoms with E-state index in [1.807, 2.05) is 43.0 Å². The highest BCUT2D eigenvalue weighted by molar-refractivity contribution is 7.99. The molecule has 1 aliphatic carbocycles. The molecule has 0 spiro atoms. The summed E-state index contributed by atoms with van der Waals surface area (Å²) in [5.74, 6) is 1.33. The Morgan fingerprint density at radius 2 is 1.92 bits per heavy atom.